The zero-order chi connectivity index (χ0) is 9.56. The van der Waals surface area contributed by atoms with Crippen LogP contribution in [-0.2, 0) is 18.9 Å². The van der Waals surface area contributed by atoms with E-state index in [2.05, 4.69) is 18.9 Å². The first-order valence-corrected chi connectivity index (χ1v) is 2.65. The smallest absolute Gasteiger partial charge is 0.437 e. The Morgan fingerprint density at radius 3 is 1.21 bits per heavy atom. The molecule has 0 aliphatic heterocycles. The molecule has 9 heteroatoms. The predicted molar refractivity (Wildman–Crippen MR) is 49.5 cm³/mol. The number of carbonyl (C=O) groups excluding carboxylic acids is 3. The van der Waals surface area contributed by atoms with Crippen molar-refractivity contribution in [1.29, 1.82) is 0 Å². The Balaban J connectivity index is -0.000000605. The standard InChI is InChI=1S/C5H6O7.2Mg.4H/c1-9-3(6)11-5(8)12-4(7)10-2;;;;;;/h1-2H3;;;;;;. The minimum atomic E-state index is -1.51. The lowest BCUT2D eigenvalue weighted by Gasteiger charge is -1.99. The van der Waals surface area contributed by atoms with Gasteiger partial charge in [0.2, 0.25) is 0 Å². The minimum absolute atomic E-state index is 0. The molecule has 0 amide bonds. The fourth-order valence-corrected chi connectivity index (χ4v) is 0.240. The van der Waals surface area contributed by atoms with Crippen LogP contribution in [0.3, 0.4) is 0 Å². The first-order chi connectivity index (χ1) is 5.60. The molecule has 0 spiro atoms. The second-order valence-electron chi connectivity index (χ2n) is 1.36. The third kappa shape index (κ3) is 9.83. The van der Waals surface area contributed by atoms with Crippen molar-refractivity contribution < 1.29 is 33.3 Å². The summed E-state index contributed by atoms with van der Waals surface area (Å²) in [6.45, 7) is 0. The van der Waals surface area contributed by atoms with Gasteiger partial charge in [0.1, 0.15) is 0 Å². The second-order valence-corrected chi connectivity index (χ2v) is 1.36. The van der Waals surface area contributed by atoms with Crippen molar-refractivity contribution in [2.75, 3.05) is 14.2 Å². The van der Waals surface area contributed by atoms with E-state index in [0.717, 1.165) is 14.2 Å². The van der Waals surface area contributed by atoms with Crippen molar-refractivity contribution in [1.82, 2.24) is 0 Å². The molecule has 0 aliphatic rings. The summed E-state index contributed by atoms with van der Waals surface area (Å²) in [4.78, 5) is 30.7. The van der Waals surface area contributed by atoms with Gasteiger partial charge in [-0.3, -0.25) is 0 Å². The van der Waals surface area contributed by atoms with E-state index in [4.69, 9.17) is 0 Å². The molecule has 0 bridgehead atoms. The SMILES string of the molecule is COC(=O)OC(=O)OC(=O)OC.[MgH2].[MgH2]. The van der Waals surface area contributed by atoms with Gasteiger partial charge < -0.3 is 18.9 Å². The van der Waals surface area contributed by atoms with Crippen LogP contribution in [-0.4, -0.2) is 78.8 Å². The number of carbonyl (C=O) groups is 3. The van der Waals surface area contributed by atoms with Crippen LogP contribution < -0.4 is 0 Å². The average Bonchev–Trinajstić information content (AvgIpc) is 2.03. The van der Waals surface area contributed by atoms with Gasteiger partial charge in [0.05, 0.1) is 14.2 Å². The third-order valence-electron chi connectivity index (χ3n) is 0.667. The number of methoxy groups -OCH3 is 2. The van der Waals surface area contributed by atoms with Gasteiger partial charge in [0.25, 0.3) is 0 Å². The summed E-state index contributed by atoms with van der Waals surface area (Å²) in [5, 5.41) is 0. The van der Waals surface area contributed by atoms with Crippen LogP contribution >= 0.6 is 0 Å². The summed E-state index contributed by atoms with van der Waals surface area (Å²) in [7, 11) is 1.99. The van der Waals surface area contributed by atoms with Crippen LogP contribution in [0.4, 0.5) is 14.4 Å². The maximum Gasteiger partial charge on any atom is 0.528 e. The van der Waals surface area contributed by atoms with Crippen molar-refractivity contribution in [3.8, 4) is 0 Å². The van der Waals surface area contributed by atoms with Gasteiger partial charge in [0.15, 0.2) is 0 Å². The van der Waals surface area contributed by atoms with E-state index >= 15 is 0 Å². The fourth-order valence-electron chi connectivity index (χ4n) is 0.240. The molecule has 0 aliphatic carbocycles. The Kier molecular flexibility index (Phi) is 14.9. The predicted octanol–water partition coefficient (Wildman–Crippen LogP) is -1.16. The van der Waals surface area contributed by atoms with Gasteiger partial charge in [-0.05, 0) is 0 Å². The maximum absolute atomic E-state index is 10.3. The molecular weight excluding hydrogens is 221 g/mol. The van der Waals surface area contributed by atoms with E-state index in [1.807, 2.05) is 0 Å². The van der Waals surface area contributed by atoms with E-state index in [9.17, 15) is 14.4 Å². The summed E-state index contributed by atoms with van der Waals surface area (Å²) in [5.41, 5.74) is 0. The van der Waals surface area contributed by atoms with Crippen molar-refractivity contribution in [2.45, 2.75) is 0 Å². The Labute approximate surface area is 112 Å². The van der Waals surface area contributed by atoms with Crippen LogP contribution in [0.5, 0.6) is 0 Å². The van der Waals surface area contributed by atoms with E-state index in [0.29, 0.717) is 0 Å². The first kappa shape index (κ1) is 19.3. The Morgan fingerprint density at radius 1 is 0.714 bits per heavy atom. The number of rotatable bonds is 0. The number of ether oxygens (including phenoxy) is 4. The summed E-state index contributed by atoms with van der Waals surface area (Å²) < 4.78 is 15.3. The Hall–Kier alpha value is -0.258. The lowest BCUT2D eigenvalue weighted by Crippen LogP contribution is -2.17. The molecule has 7 nitrogen and oxygen atoms in total. The van der Waals surface area contributed by atoms with Crippen molar-refractivity contribution >= 4 is 64.6 Å². The normalized spacial score (nSPS) is 7.00. The van der Waals surface area contributed by atoms with Gasteiger partial charge in [-0.15, -0.1) is 0 Å². The third-order valence-corrected chi connectivity index (χ3v) is 0.667. The molecular formula is C5H10Mg2O7. The maximum atomic E-state index is 10.3. The zero-order valence-corrected chi connectivity index (χ0v) is 6.36. The number of hydrogen-bond donors (Lipinski definition) is 0. The summed E-state index contributed by atoms with van der Waals surface area (Å²) in [6.07, 6.45) is -4.05. The summed E-state index contributed by atoms with van der Waals surface area (Å²) in [5.74, 6) is 0. The second kappa shape index (κ2) is 10.8. The van der Waals surface area contributed by atoms with Crippen LogP contribution in [0, 0.1) is 0 Å². The lowest BCUT2D eigenvalue weighted by molar-refractivity contribution is 0.0411. The largest absolute Gasteiger partial charge is 0.528 e. The van der Waals surface area contributed by atoms with Gasteiger partial charge in [-0.2, -0.15) is 0 Å². The van der Waals surface area contributed by atoms with Gasteiger partial charge in [0, 0.05) is 0 Å². The molecule has 0 radical (unpaired) electrons. The molecule has 0 N–H and O–H groups in total. The lowest BCUT2D eigenvalue weighted by atomic mass is 11.2. The highest BCUT2D eigenvalue weighted by atomic mass is 24.3. The molecule has 0 fully saturated rings. The highest BCUT2D eigenvalue weighted by Gasteiger charge is 2.16. The molecule has 0 heterocycles. The molecule has 0 saturated heterocycles. The quantitative estimate of drug-likeness (QED) is 0.295. The minimum Gasteiger partial charge on any atom is -0.437 e. The number of hydrogen-bond acceptors (Lipinski definition) is 7. The van der Waals surface area contributed by atoms with Crippen LogP contribution in [0.2, 0.25) is 0 Å². The Morgan fingerprint density at radius 2 is 1.00 bits per heavy atom. The molecule has 0 atom stereocenters. The van der Waals surface area contributed by atoms with Crippen molar-refractivity contribution in [3.63, 3.8) is 0 Å². The first-order valence-electron chi connectivity index (χ1n) is 2.65. The zero-order valence-electron chi connectivity index (χ0n) is 6.36. The topological polar surface area (TPSA) is 88.1 Å². The van der Waals surface area contributed by atoms with E-state index in [1.54, 1.807) is 0 Å². The molecule has 0 aromatic carbocycles. The Bertz CT molecular complexity index is 184. The van der Waals surface area contributed by atoms with Gasteiger partial charge in [-0.25, -0.2) is 14.4 Å². The summed E-state index contributed by atoms with van der Waals surface area (Å²) >= 11 is 0. The van der Waals surface area contributed by atoms with Crippen molar-refractivity contribution in [3.05, 3.63) is 0 Å². The van der Waals surface area contributed by atoms with E-state index in [1.165, 1.54) is 0 Å². The van der Waals surface area contributed by atoms with Crippen molar-refractivity contribution in [2.24, 2.45) is 0 Å². The molecule has 0 rings (SSSR count). The molecule has 76 valence electrons. The molecule has 0 unspecified atom stereocenters. The molecule has 14 heavy (non-hydrogen) atoms. The highest BCUT2D eigenvalue weighted by Crippen LogP contribution is 1.90. The van der Waals surface area contributed by atoms with E-state index in [-0.39, 0.29) is 46.1 Å². The molecule has 0 aromatic rings. The average molecular weight is 231 g/mol. The molecule has 0 aromatic heterocycles. The van der Waals surface area contributed by atoms with Crippen LogP contribution in [0.25, 0.3) is 0 Å². The summed E-state index contributed by atoms with van der Waals surface area (Å²) in [6, 6.07) is 0. The van der Waals surface area contributed by atoms with Crippen LogP contribution in [0.15, 0.2) is 0 Å². The fraction of sp³-hybridized carbons (Fsp3) is 0.400. The van der Waals surface area contributed by atoms with E-state index < -0.39 is 18.5 Å². The molecule has 0 saturated carbocycles. The monoisotopic (exact) mass is 230 g/mol. The highest BCUT2D eigenvalue weighted by molar-refractivity contribution is 5.83. The van der Waals surface area contributed by atoms with Gasteiger partial charge in [-0.1, -0.05) is 0 Å². The van der Waals surface area contributed by atoms with Gasteiger partial charge >= 0.3 is 64.6 Å². The van der Waals surface area contributed by atoms with Crippen LogP contribution in [0.1, 0.15) is 0 Å².